The number of amides is 1. The lowest BCUT2D eigenvalue weighted by Crippen LogP contribution is -2.50. The third kappa shape index (κ3) is 2.95. The third-order valence-electron chi connectivity index (χ3n) is 6.38. The molecule has 1 unspecified atom stereocenters. The molecule has 5 heteroatoms. The second kappa shape index (κ2) is 6.45. The van der Waals surface area contributed by atoms with Gasteiger partial charge < -0.3 is 20.3 Å². The summed E-state index contributed by atoms with van der Waals surface area (Å²) in [6.45, 7) is 4.19. The molecule has 3 aliphatic rings. The van der Waals surface area contributed by atoms with Crippen molar-refractivity contribution in [1.29, 1.82) is 0 Å². The molecule has 0 aromatic heterocycles. The predicted molar refractivity (Wildman–Crippen MR) is 97.7 cm³/mol. The van der Waals surface area contributed by atoms with Gasteiger partial charge in [-0.1, -0.05) is 12.5 Å². The molecule has 2 fully saturated rings. The van der Waals surface area contributed by atoms with Crippen LogP contribution in [0.2, 0.25) is 0 Å². The first kappa shape index (κ1) is 16.6. The van der Waals surface area contributed by atoms with Crippen LogP contribution in [0.15, 0.2) is 18.2 Å². The van der Waals surface area contributed by atoms with Crippen molar-refractivity contribution in [2.45, 2.75) is 56.5 Å². The van der Waals surface area contributed by atoms with Crippen LogP contribution in [-0.4, -0.2) is 42.8 Å². The largest absolute Gasteiger partial charge is 0.382 e. The van der Waals surface area contributed by atoms with E-state index in [0.29, 0.717) is 6.04 Å². The Morgan fingerprint density at radius 3 is 2.68 bits per heavy atom. The van der Waals surface area contributed by atoms with E-state index in [9.17, 15) is 9.59 Å². The van der Waals surface area contributed by atoms with Gasteiger partial charge in [-0.3, -0.25) is 4.79 Å². The van der Waals surface area contributed by atoms with E-state index in [1.165, 1.54) is 24.8 Å². The van der Waals surface area contributed by atoms with Crippen molar-refractivity contribution in [3.8, 4) is 0 Å². The highest BCUT2D eigenvalue weighted by atomic mass is 16.2. The highest BCUT2D eigenvalue weighted by molar-refractivity contribution is 5.73. The molecule has 4 rings (SSSR count). The van der Waals surface area contributed by atoms with Crippen molar-refractivity contribution >= 4 is 17.9 Å². The van der Waals surface area contributed by atoms with Crippen molar-refractivity contribution in [3.63, 3.8) is 0 Å². The molecule has 2 aliphatic heterocycles. The topological polar surface area (TPSA) is 61.4 Å². The number of benzene rings is 1. The second-order valence-electron chi connectivity index (χ2n) is 7.86. The first-order chi connectivity index (χ1) is 12.1. The van der Waals surface area contributed by atoms with E-state index in [1.54, 1.807) is 6.92 Å². The Bertz CT molecular complexity index is 676. The maximum Gasteiger partial charge on any atom is 0.219 e. The SMILES string of the molecule is CC(=O)N1CCC(Nc2ccc3c(c2)C(C=O)NCC32CCC2)CC1. The highest BCUT2D eigenvalue weighted by Gasteiger charge is 2.44. The summed E-state index contributed by atoms with van der Waals surface area (Å²) in [6, 6.07) is 6.76. The van der Waals surface area contributed by atoms with E-state index >= 15 is 0 Å². The number of hydrogen-bond donors (Lipinski definition) is 2. The summed E-state index contributed by atoms with van der Waals surface area (Å²) < 4.78 is 0. The molecule has 1 aromatic rings. The fourth-order valence-corrected chi connectivity index (χ4v) is 4.65. The molecule has 0 bridgehead atoms. The van der Waals surface area contributed by atoms with E-state index in [0.717, 1.165) is 50.0 Å². The Kier molecular flexibility index (Phi) is 4.28. The normalized spacial score (nSPS) is 25.2. The molecule has 1 atom stereocenters. The van der Waals surface area contributed by atoms with Gasteiger partial charge in [-0.25, -0.2) is 0 Å². The third-order valence-corrected chi connectivity index (χ3v) is 6.38. The van der Waals surface area contributed by atoms with Crippen molar-refractivity contribution in [3.05, 3.63) is 29.3 Å². The van der Waals surface area contributed by atoms with Crippen molar-refractivity contribution in [2.24, 2.45) is 0 Å². The average molecular weight is 341 g/mol. The number of nitrogens with one attached hydrogen (secondary N) is 2. The zero-order valence-corrected chi connectivity index (χ0v) is 14.9. The zero-order chi connectivity index (χ0) is 17.4. The highest BCUT2D eigenvalue weighted by Crippen LogP contribution is 2.48. The Morgan fingerprint density at radius 1 is 1.32 bits per heavy atom. The summed E-state index contributed by atoms with van der Waals surface area (Å²) in [4.78, 5) is 24.9. The van der Waals surface area contributed by atoms with Gasteiger partial charge >= 0.3 is 0 Å². The van der Waals surface area contributed by atoms with Crippen molar-refractivity contribution < 1.29 is 9.59 Å². The minimum atomic E-state index is -0.192. The molecule has 1 spiro atoms. The molecule has 1 saturated heterocycles. The van der Waals surface area contributed by atoms with Gasteiger partial charge in [0.2, 0.25) is 5.91 Å². The molecule has 1 aliphatic carbocycles. The molecule has 5 nitrogen and oxygen atoms in total. The number of piperidine rings is 1. The van der Waals surface area contributed by atoms with Gasteiger partial charge in [0, 0.05) is 43.7 Å². The fraction of sp³-hybridized carbons (Fsp3) is 0.600. The maximum absolute atomic E-state index is 11.5. The van der Waals surface area contributed by atoms with Gasteiger partial charge in [-0.2, -0.15) is 0 Å². The van der Waals surface area contributed by atoms with Crippen LogP contribution >= 0.6 is 0 Å². The van der Waals surface area contributed by atoms with E-state index in [2.05, 4.69) is 28.8 Å². The summed E-state index contributed by atoms with van der Waals surface area (Å²) in [5.41, 5.74) is 3.85. The van der Waals surface area contributed by atoms with Gasteiger partial charge in [-0.05, 0) is 48.9 Å². The number of anilines is 1. The summed E-state index contributed by atoms with van der Waals surface area (Å²) in [5, 5.41) is 7.04. The number of fused-ring (bicyclic) bond motifs is 2. The van der Waals surface area contributed by atoms with Crippen molar-refractivity contribution in [2.75, 3.05) is 25.0 Å². The maximum atomic E-state index is 11.5. The van der Waals surface area contributed by atoms with Crippen LogP contribution in [0.5, 0.6) is 0 Å². The average Bonchev–Trinajstić information content (AvgIpc) is 2.59. The van der Waals surface area contributed by atoms with Crippen LogP contribution in [0, 0.1) is 0 Å². The summed E-state index contributed by atoms with van der Waals surface area (Å²) in [6.07, 6.45) is 6.68. The molecular formula is C20H27N3O2. The van der Waals surface area contributed by atoms with Gasteiger partial charge in [0.05, 0.1) is 6.04 Å². The standard InChI is InChI=1S/C20H27N3O2/c1-14(25)23-9-5-15(6-10-23)22-16-3-4-18-17(11-16)19(12-24)21-13-20(18)7-2-8-20/h3-4,11-12,15,19,21-22H,2,5-10,13H2,1H3. The molecule has 1 aromatic carbocycles. The number of nitrogens with zero attached hydrogens (tertiary/aromatic N) is 1. The van der Waals surface area contributed by atoms with Gasteiger partial charge in [0.1, 0.15) is 6.29 Å². The van der Waals surface area contributed by atoms with Crippen LogP contribution in [0.1, 0.15) is 56.2 Å². The van der Waals surface area contributed by atoms with Crippen LogP contribution in [0.25, 0.3) is 0 Å². The Labute approximate surface area is 149 Å². The molecule has 2 heterocycles. The smallest absolute Gasteiger partial charge is 0.219 e. The predicted octanol–water partition coefficient (Wildman–Crippen LogP) is 2.37. The number of rotatable bonds is 3. The van der Waals surface area contributed by atoms with Gasteiger partial charge in [-0.15, -0.1) is 0 Å². The minimum absolute atomic E-state index is 0.165. The number of likely N-dealkylation sites (tertiary alicyclic amines) is 1. The van der Waals surface area contributed by atoms with E-state index in [1.807, 2.05) is 4.90 Å². The summed E-state index contributed by atoms with van der Waals surface area (Å²) >= 11 is 0. The van der Waals surface area contributed by atoms with E-state index < -0.39 is 0 Å². The summed E-state index contributed by atoms with van der Waals surface area (Å²) in [7, 11) is 0. The van der Waals surface area contributed by atoms with Crippen LogP contribution < -0.4 is 10.6 Å². The molecule has 134 valence electrons. The van der Waals surface area contributed by atoms with Crippen LogP contribution in [0.4, 0.5) is 5.69 Å². The first-order valence-electron chi connectivity index (χ1n) is 9.46. The number of carbonyl (C=O) groups excluding carboxylic acids is 2. The molecule has 0 radical (unpaired) electrons. The van der Waals surface area contributed by atoms with Gasteiger partial charge in [0.15, 0.2) is 0 Å². The Morgan fingerprint density at radius 2 is 2.08 bits per heavy atom. The molecule has 1 saturated carbocycles. The monoisotopic (exact) mass is 341 g/mol. The molecular weight excluding hydrogens is 314 g/mol. The van der Waals surface area contributed by atoms with Crippen LogP contribution in [-0.2, 0) is 15.0 Å². The quantitative estimate of drug-likeness (QED) is 0.829. The summed E-state index contributed by atoms with van der Waals surface area (Å²) in [5.74, 6) is 0.165. The number of hydrogen-bond acceptors (Lipinski definition) is 4. The molecule has 25 heavy (non-hydrogen) atoms. The number of aldehydes is 1. The zero-order valence-electron chi connectivity index (χ0n) is 14.9. The Balaban J connectivity index is 1.51. The lowest BCUT2D eigenvalue weighted by atomic mass is 9.61. The first-order valence-corrected chi connectivity index (χ1v) is 9.46. The molecule has 1 amide bonds. The fourth-order valence-electron chi connectivity index (χ4n) is 4.65. The van der Waals surface area contributed by atoms with E-state index in [-0.39, 0.29) is 17.4 Å². The van der Waals surface area contributed by atoms with Crippen molar-refractivity contribution in [1.82, 2.24) is 10.2 Å². The van der Waals surface area contributed by atoms with E-state index in [4.69, 9.17) is 0 Å². The lowest BCUT2D eigenvalue weighted by Gasteiger charge is -2.48. The van der Waals surface area contributed by atoms with Gasteiger partial charge in [0.25, 0.3) is 0 Å². The second-order valence-corrected chi connectivity index (χ2v) is 7.86. The minimum Gasteiger partial charge on any atom is -0.382 e. The van der Waals surface area contributed by atoms with Crippen LogP contribution in [0.3, 0.4) is 0 Å². The lowest BCUT2D eigenvalue weighted by molar-refractivity contribution is -0.129. The number of carbonyl (C=O) groups is 2. The molecule has 2 N–H and O–H groups in total. The Hall–Kier alpha value is -1.88.